The standard InChI is InChI=1S/C47H90O6/c1-5-7-9-11-13-14-15-16-20-23-27-31-35-39-46(49)52-42-44(41-51-45(48)38-34-30-25-12-10-8-6-2)53-47(50)40-36-32-28-24-21-18-17-19-22-26-29-33-37-43(3)4/h43-44H,5-42H2,1-4H3/t44-/m1/s1. The molecule has 0 aromatic heterocycles. The summed E-state index contributed by atoms with van der Waals surface area (Å²) in [5.74, 6) is -0.0259. The summed E-state index contributed by atoms with van der Waals surface area (Å²) >= 11 is 0. The Morgan fingerprint density at radius 3 is 0.925 bits per heavy atom. The molecule has 0 spiro atoms. The van der Waals surface area contributed by atoms with E-state index in [2.05, 4.69) is 27.7 Å². The average Bonchev–Trinajstić information content (AvgIpc) is 3.14. The van der Waals surface area contributed by atoms with Gasteiger partial charge in [0.15, 0.2) is 6.10 Å². The molecule has 0 aliphatic carbocycles. The first kappa shape index (κ1) is 51.4. The summed E-state index contributed by atoms with van der Waals surface area (Å²) in [4.78, 5) is 37.6. The fourth-order valence-corrected chi connectivity index (χ4v) is 6.98. The Balaban J connectivity index is 4.25. The summed E-state index contributed by atoms with van der Waals surface area (Å²) in [6, 6.07) is 0. The molecule has 314 valence electrons. The lowest BCUT2D eigenvalue weighted by atomic mass is 10.0. The number of hydrogen-bond donors (Lipinski definition) is 0. The second-order valence-electron chi connectivity index (χ2n) is 16.5. The quantitative estimate of drug-likeness (QED) is 0.0351. The first-order chi connectivity index (χ1) is 25.9. The van der Waals surface area contributed by atoms with Gasteiger partial charge in [0.05, 0.1) is 0 Å². The number of carbonyl (C=O) groups excluding carboxylic acids is 3. The van der Waals surface area contributed by atoms with Gasteiger partial charge in [0, 0.05) is 19.3 Å². The minimum Gasteiger partial charge on any atom is -0.462 e. The lowest BCUT2D eigenvalue weighted by Crippen LogP contribution is -2.30. The monoisotopic (exact) mass is 751 g/mol. The Hall–Kier alpha value is -1.59. The van der Waals surface area contributed by atoms with Crippen molar-refractivity contribution in [3.63, 3.8) is 0 Å². The summed E-state index contributed by atoms with van der Waals surface area (Å²) in [6.45, 7) is 8.97. The van der Waals surface area contributed by atoms with Crippen LogP contribution in [-0.2, 0) is 28.6 Å². The molecule has 0 aliphatic heterocycles. The molecule has 0 fully saturated rings. The van der Waals surface area contributed by atoms with Crippen LogP contribution in [0.25, 0.3) is 0 Å². The predicted molar refractivity (Wildman–Crippen MR) is 224 cm³/mol. The van der Waals surface area contributed by atoms with Crippen molar-refractivity contribution in [2.24, 2.45) is 5.92 Å². The lowest BCUT2D eigenvalue weighted by molar-refractivity contribution is -0.167. The molecule has 0 aliphatic rings. The van der Waals surface area contributed by atoms with Gasteiger partial charge in [0.25, 0.3) is 0 Å². The number of rotatable bonds is 42. The molecule has 0 rings (SSSR count). The molecule has 0 bridgehead atoms. The highest BCUT2D eigenvalue weighted by molar-refractivity contribution is 5.71. The highest BCUT2D eigenvalue weighted by Gasteiger charge is 2.19. The van der Waals surface area contributed by atoms with Crippen LogP contribution < -0.4 is 0 Å². The molecule has 0 radical (unpaired) electrons. The van der Waals surface area contributed by atoms with Gasteiger partial charge in [-0.15, -0.1) is 0 Å². The lowest BCUT2D eigenvalue weighted by Gasteiger charge is -2.18. The first-order valence-electron chi connectivity index (χ1n) is 23.4. The summed E-state index contributed by atoms with van der Waals surface area (Å²) < 4.78 is 16.7. The van der Waals surface area contributed by atoms with Crippen LogP contribution >= 0.6 is 0 Å². The molecular weight excluding hydrogens is 661 g/mol. The van der Waals surface area contributed by atoms with Gasteiger partial charge in [0.1, 0.15) is 13.2 Å². The van der Waals surface area contributed by atoms with E-state index in [1.807, 2.05) is 0 Å². The van der Waals surface area contributed by atoms with Crippen molar-refractivity contribution in [2.75, 3.05) is 13.2 Å². The molecule has 0 aromatic rings. The third-order valence-corrected chi connectivity index (χ3v) is 10.5. The molecule has 0 saturated carbocycles. The zero-order valence-electron chi connectivity index (χ0n) is 36.0. The van der Waals surface area contributed by atoms with Crippen molar-refractivity contribution in [1.82, 2.24) is 0 Å². The summed E-state index contributed by atoms with van der Waals surface area (Å²) in [5, 5.41) is 0. The van der Waals surface area contributed by atoms with Crippen molar-refractivity contribution in [1.29, 1.82) is 0 Å². The Morgan fingerprint density at radius 1 is 0.358 bits per heavy atom. The Morgan fingerprint density at radius 2 is 0.623 bits per heavy atom. The summed E-state index contributed by atoms with van der Waals surface area (Å²) in [7, 11) is 0. The van der Waals surface area contributed by atoms with Crippen molar-refractivity contribution in [3.05, 3.63) is 0 Å². The SMILES string of the molecule is CCCCCCCCCCCCCCCC(=O)OC[C@@H](COC(=O)CCCCCCCCC)OC(=O)CCCCCCCCCCCCCCC(C)C. The van der Waals surface area contributed by atoms with Gasteiger partial charge in [-0.1, -0.05) is 220 Å². The van der Waals surface area contributed by atoms with Gasteiger partial charge in [-0.25, -0.2) is 0 Å². The van der Waals surface area contributed by atoms with E-state index in [0.29, 0.717) is 19.3 Å². The van der Waals surface area contributed by atoms with Gasteiger partial charge in [0.2, 0.25) is 0 Å². The van der Waals surface area contributed by atoms with Crippen molar-refractivity contribution in [3.8, 4) is 0 Å². The Kier molecular flexibility index (Phi) is 40.3. The van der Waals surface area contributed by atoms with Gasteiger partial charge >= 0.3 is 17.9 Å². The van der Waals surface area contributed by atoms with Gasteiger partial charge in [-0.3, -0.25) is 14.4 Å². The topological polar surface area (TPSA) is 78.9 Å². The third-order valence-electron chi connectivity index (χ3n) is 10.5. The van der Waals surface area contributed by atoms with E-state index in [1.54, 1.807) is 0 Å². The molecule has 0 N–H and O–H groups in total. The molecule has 0 saturated heterocycles. The van der Waals surface area contributed by atoms with Crippen LogP contribution in [0.4, 0.5) is 0 Å². The predicted octanol–water partition coefficient (Wildman–Crippen LogP) is 14.7. The van der Waals surface area contributed by atoms with E-state index in [9.17, 15) is 14.4 Å². The van der Waals surface area contributed by atoms with E-state index in [4.69, 9.17) is 14.2 Å². The molecule has 1 atom stereocenters. The molecular formula is C47H90O6. The van der Waals surface area contributed by atoms with Crippen LogP contribution in [0.2, 0.25) is 0 Å². The molecule has 0 aromatic carbocycles. The highest BCUT2D eigenvalue weighted by atomic mass is 16.6. The van der Waals surface area contributed by atoms with Gasteiger partial charge in [-0.2, -0.15) is 0 Å². The fourth-order valence-electron chi connectivity index (χ4n) is 6.98. The van der Waals surface area contributed by atoms with Crippen molar-refractivity contribution < 1.29 is 28.6 Å². The average molecular weight is 751 g/mol. The van der Waals surface area contributed by atoms with E-state index >= 15 is 0 Å². The fraction of sp³-hybridized carbons (Fsp3) is 0.936. The van der Waals surface area contributed by atoms with E-state index in [-0.39, 0.29) is 31.1 Å². The number of hydrogen-bond acceptors (Lipinski definition) is 6. The van der Waals surface area contributed by atoms with Crippen LogP contribution in [0, 0.1) is 5.92 Å². The van der Waals surface area contributed by atoms with Gasteiger partial charge < -0.3 is 14.2 Å². The number of carbonyl (C=O) groups is 3. The van der Waals surface area contributed by atoms with E-state index < -0.39 is 6.10 Å². The van der Waals surface area contributed by atoms with Gasteiger partial charge in [-0.05, 0) is 25.2 Å². The molecule has 0 heterocycles. The van der Waals surface area contributed by atoms with Crippen molar-refractivity contribution >= 4 is 17.9 Å². The summed E-state index contributed by atoms with van der Waals surface area (Å²) in [5.41, 5.74) is 0. The second-order valence-corrected chi connectivity index (χ2v) is 16.5. The third kappa shape index (κ3) is 41.4. The largest absolute Gasteiger partial charge is 0.462 e. The number of unbranched alkanes of at least 4 members (excludes halogenated alkanes) is 29. The zero-order valence-corrected chi connectivity index (χ0v) is 36.0. The van der Waals surface area contributed by atoms with Crippen LogP contribution in [0.5, 0.6) is 0 Å². The van der Waals surface area contributed by atoms with Crippen LogP contribution in [0.3, 0.4) is 0 Å². The Labute approximate surface area is 329 Å². The van der Waals surface area contributed by atoms with E-state index in [0.717, 1.165) is 63.7 Å². The molecule has 6 nitrogen and oxygen atoms in total. The summed E-state index contributed by atoms with van der Waals surface area (Å²) in [6.07, 6.45) is 40.9. The zero-order chi connectivity index (χ0) is 38.9. The number of ether oxygens (including phenoxy) is 3. The molecule has 0 amide bonds. The minimum absolute atomic E-state index is 0.0638. The maximum atomic E-state index is 12.7. The Bertz CT molecular complexity index is 796. The highest BCUT2D eigenvalue weighted by Crippen LogP contribution is 2.16. The normalized spacial score (nSPS) is 11.9. The maximum absolute atomic E-state index is 12.7. The van der Waals surface area contributed by atoms with Crippen LogP contribution in [0.15, 0.2) is 0 Å². The smallest absolute Gasteiger partial charge is 0.306 e. The first-order valence-corrected chi connectivity index (χ1v) is 23.4. The number of esters is 3. The van der Waals surface area contributed by atoms with Crippen LogP contribution in [-0.4, -0.2) is 37.2 Å². The van der Waals surface area contributed by atoms with Crippen molar-refractivity contribution in [2.45, 2.75) is 265 Å². The molecule has 53 heavy (non-hydrogen) atoms. The van der Waals surface area contributed by atoms with E-state index in [1.165, 1.54) is 154 Å². The molecule has 0 unspecified atom stereocenters. The maximum Gasteiger partial charge on any atom is 0.306 e. The minimum atomic E-state index is -0.758. The second kappa shape index (κ2) is 41.6. The van der Waals surface area contributed by atoms with Crippen LogP contribution in [0.1, 0.15) is 259 Å². The molecule has 6 heteroatoms.